The lowest BCUT2D eigenvalue weighted by atomic mass is 10.2. The molecule has 1 aromatic rings. The van der Waals surface area contributed by atoms with Crippen molar-refractivity contribution < 1.29 is 14.6 Å². The first-order chi connectivity index (χ1) is 10.1. The molecular weight excluding hydrogens is 292 g/mol. The van der Waals surface area contributed by atoms with Gasteiger partial charge in [0.15, 0.2) is 11.5 Å². The summed E-state index contributed by atoms with van der Waals surface area (Å²) >= 11 is 6.19. The fourth-order valence-electron chi connectivity index (χ4n) is 1.90. The molecule has 3 N–H and O–H groups in total. The minimum atomic E-state index is -0.320. The van der Waals surface area contributed by atoms with Crippen molar-refractivity contribution >= 4 is 11.6 Å². The van der Waals surface area contributed by atoms with Crippen LogP contribution < -0.4 is 20.1 Å². The first-order valence-corrected chi connectivity index (χ1v) is 7.55. The Morgan fingerprint density at radius 1 is 1.29 bits per heavy atom. The van der Waals surface area contributed by atoms with Crippen LogP contribution in [-0.2, 0) is 6.54 Å². The largest absolute Gasteiger partial charge is 0.491 e. The van der Waals surface area contributed by atoms with Gasteiger partial charge in [-0.2, -0.15) is 0 Å². The number of aliphatic hydroxyl groups excluding tert-OH is 1. The van der Waals surface area contributed by atoms with Gasteiger partial charge in [-0.3, -0.25) is 0 Å². The van der Waals surface area contributed by atoms with E-state index in [1.165, 1.54) is 0 Å². The average molecular weight is 317 g/mol. The van der Waals surface area contributed by atoms with Crippen molar-refractivity contribution in [2.45, 2.75) is 26.5 Å². The highest BCUT2D eigenvalue weighted by molar-refractivity contribution is 6.32. The maximum absolute atomic E-state index is 9.12. The van der Waals surface area contributed by atoms with Gasteiger partial charge in [-0.25, -0.2) is 0 Å². The lowest BCUT2D eigenvalue weighted by Crippen LogP contribution is -2.31. The van der Waals surface area contributed by atoms with Gasteiger partial charge in [0, 0.05) is 26.2 Å². The lowest BCUT2D eigenvalue weighted by Gasteiger charge is -2.13. The molecule has 0 aliphatic heterocycles. The Balaban J connectivity index is 2.48. The maximum atomic E-state index is 9.12. The highest BCUT2D eigenvalue weighted by Crippen LogP contribution is 2.36. The zero-order chi connectivity index (χ0) is 15.7. The van der Waals surface area contributed by atoms with Crippen LogP contribution in [0.1, 0.15) is 19.4 Å². The number of hydrogen-bond donors (Lipinski definition) is 3. The van der Waals surface area contributed by atoms with Gasteiger partial charge < -0.3 is 25.2 Å². The number of aliphatic hydroxyl groups is 1. The van der Waals surface area contributed by atoms with E-state index in [1.54, 1.807) is 14.0 Å². The van der Waals surface area contributed by atoms with Crippen molar-refractivity contribution in [1.82, 2.24) is 10.6 Å². The molecule has 0 heterocycles. The molecule has 1 rings (SSSR count). The summed E-state index contributed by atoms with van der Waals surface area (Å²) in [5.41, 5.74) is 1.04. The van der Waals surface area contributed by atoms with Crippen LogP contribution in [0.4, 0.5) is 0 Å². The Labute approximate surface area is 131 Å². The zero-order valence-electron chi connectivity index (χ0n) is 12.9. The smallest absolute Gasteiger partial charge is 0.179 e. The second kappa shape index (κ2) is 9.84. The van der Waals surface area contributed by atoms with Crippen LogP contribution in [0.25, 0.3) is 0 Å². The Hall–Kier alpha value is -1.01. The van der Waals surface area contributed by atoms with Crippen LogP contribution in [0, 0.1) is 0 Å². The monoisotopic (exact) mass is 316 g/mol. The molecule has 0 radical (unpaired) electrons. The van der Waals surface area contributed by atoms with Gasteiger partial charge in [-0.15, -0.1) is 0 Å². The van der Waals surface area contributed by atoms with E-state index in [0.717, 1.165) is 18.7 Å². The first-order valence-electron chi connectivity index (χ1n) is 7.17. The maximum Gasteiger partial charge on any atom is 0.179 e. The predicted octanol–water partition coefficient (Wildman–Crippen LogP) is 1.81. The summed E-state index contributed by atoms with van der Waals surface area (Å²) < 4.78 is 10.8. The third-order valence-electron chi connectivity index (χ3n) is 2.82. The standard InChI is InChI=1S/C15H25ClN2O3/c1-4-21-14-8-12(7-13(16)15(14)20-3)10-18-6-5-17-9-11(2)19/h7-8,11,17-19H,4-6,9-10H2,1-3H3. The molecule has 120 valence electrons. The fourth-order valence-corrected chi connectivity index (χ4v) is 2.22. The van der Waals surface area contributed by atoms with Gasteiger partial charge in [0.05, 0.1) is 24.8 Å². The molecule has 0 saturated heterocycles. The van der Waals surface area contributed by atoms with E-state index in [4.69, 9.17) is 26.2 Å². The van der Waals surface area contributed by atoms with Crippen LogP contribution in [-0.4, -0.2) is 44.6 Å². The second-order valence-corrected chi connectivity index (χ2v) is 5.18. The summed E-state index contributed by atoms with van der Waals surface area (Å²) in [6.07, 6.45) is -0.320. The molecule has 0 spiro atoms. The fraction of sp³-hybridized carbons (Fsp3) is 0.600. The van der Waals surface area contributed by atoms with Gasteiger partial charge in [0.1, 0.15) is 0 Å². The molecule has 0 fully saturated rings. The van der Waals surface area contributed by atoms with Crippen LogP contribution >= 0.6 is 11.6 Å². The zero-order valence-corrected chi connectivity index (χ0v) is 13.7. The topological polar surface area (TPSA) is 62.8 Å². The van der Waals surface area contributed by atoms with Crippen LogP contribution in [0.5, 0.6) is 11.5 Å². The van der Waals surface area contributed by atoms with E-state index in [0.29, 0.717) is 36.2 Å². The number of nitrogens with one attached hydrogen (secondary N) is 2. The normalized spacial score (nSPS) is 12.2. The first kappa shape index (κ1) is 18.0. The minimum Gasteiger partial charge on any atom is -0.491 e. The molecule has 1 unspecified atom stereocenters. The highest BCUT2D eigenvalue weighted by atomic mass is 35.5. The van der Waals surface area contributed by atoms with Crippen molar-refractivity contribution in [3.05, 3.63) is 22.7 Å². The number of hydrogen-bond acceptors (Lipinski definition) is 5. The number of methoxy groups -OCH3 is 1. The SMILES string of the molecule is CCOc1cc(CNCCNCC(C)O)cc(Cl)c1OC. The predicted molar refractivity (Wildman–Crippen MR) is 85.4 cm³/mol. The number of ether oxygens (including phenoxy) is 2. The molecule has 0 aliphatic rings. The number of halogens is 1. The van der Waals surface area contributed by atoms with E-state index in [2.05, 4.69) is 10.6 Å². The van der Waals surface area contributed by atoms with Crippen molar-refractivity contribution in [3.8, 4) is 11.5 Å². The third-order valence-corrected chi connectivity index (χ3v) is 3.10. The Kier molecular flexibility index (Phi) is 8.45. The van der Waals surface area contributed by atoms with E-state index in [1.807, 2.05) is 19.1 Å². The molecule has 21 heavy (non-hydrogen) atoms. The molecule has 1 atom stereocenters. The number of benzene rings is 1. The van der Waals surface area contributed by atoms with E-state index < -0.39 is 0 Å². The Bertz CT molecular complexity index is 428. The molecule has 0 aliphatic carbocycles. The molecule has 6 heteroatoms. The number of rotatable bonds is 10. The van der Waals surface area contributed by atoms with Crippen molar-refractivity contribution in [2.24, 2.45) is 0 Å². The van der Waals surface area contributed by atoms with Crippen molar-refractivity contribution in [3.63, 3.8) is 0 Å². The molecule has 0 amide bonds. The molecule has 0 saturated carbocycles. The highest BCUT2D eigenvalue weighted by Gasteiger charge is 2.11. The van der Waals surface area contributed by atoms with Crippen molar-refractivity contribution in [2.75, 3.05) is 33.4 Å². The molecule has 5 nitrogen and oxygen atoms in total. The third kappa shape index (κ3) is 6.52. The van der Waals surface area contributed by atoms with Crippen LogP contribution in [0.3, 0.4) is 0 Å². The van der Waals surface area contributed by atoms with Gasteiger partial charge in [-0.05, 0) is 31.5 Å². The van der Waals surface area contributed by atoms with Crippen LogP contribution in [0.2, 0.25) is 5.02 Å². The molecule has 0 bridgehead atoms. The Morgan fingerprint density at radius 2 is 2.00 bits per heavy atom. The van der Waals surface area contributed by atoms with E-state index in [9.17, 15) is 0 Å². The van der Waals surface area contributed by atoms with Gasteiger partial charge in [0.25, 0.3) is 0 Å². The van der Waals surface area contributed by atoms with Crippen molar-refractivity contribution in [1.29, 1.82) is 0 Å². The van der Waals surface area contributed by atoms with Crippen LogP contribution in [0.15, 0.2) is 12.1 Å². The summed E-state index contributed by atoms with van der Waals surface area (Å²) in [7, 11) is 1.58. The second-order valence-electron chi connectivity index (χ2n) is 4.77. The molecule has 1 aromatic carbocycles. The summed E-state index contributed by atoms with van der Waals surface area (Å²) in [4.78, 5) is 0. The van der Waals surface area contributed by atoms with Gasteiger partial charge in [-0.1, -0.05) is 11.6 Å². The minimum absolute atomic E-state index is 0.320. The summed E-state index contributed by atoms with van der Waals surface area (Å²) in [6.45, 7) is 7.14. The molecule has 0 aromatic heterocycles. The average Bonchev–Trinajstić information content (AvgIpc) is 2.42. The van der Waals surface area contributed by atoms with Gasteiger partial charge >= 0.3 is 0 Å². The summed E-state index contributed by atoms with van der Waals surface area (Å²) in [5, 5.41) is 16.1. The quantitative estimate of drug-likeness (QED) is 0.575. The van der Waals surface area contributed by atoms with E-state index >= 15 is 0 Å². The summed E-state index contributed by atoms with van der Waals surface area (Å²) in [6, 6.07) is 3.81. The van der Waals surface area contributed by atoms with Gasteiger partial charge in [0.2, 0.25) is 0 Å². The summed E-state index contributed by atoms with van der Waals surface area (Å²) in [5.74, 6) is 1.23. The van der Waals surface area contributed by atoms with E-state index in [-0.39, 0.29) is 6.10 Å². The molecular formula is C15H25ClN2O3. The lowest BCUT2D eigenvalue weighted by molar-refractivity contribution is 0.191. The Morgan fingerprint density at radius 3 is 2.62 bits per heavy atom.